The topological polar surface area (TPSA) is 77.1 Å². The normalized spacial score (nSPS) is 12.2. The van der Waals surface area contributed by atoms with E-state index in [0.717, 1.165) is 11.1 Å². The third-order valence-electron chi connectivity index (χ3n) is 3.97. The van der Waals surface area contributed by atoms with Gasteiger partial charge in [0.25, 0.3) is 5.69 Å². The predicted molar refractivity (Wildman–Crippen MR) is 104 cm³/mol. The number of halogens is 1. The van der Waals surface area contributed by atoms with Crippen LogP contribution in [0.25, 0.3) is 12.2 Å². The highest BCUT2D eigenvalue weighted by atomic mass is 35.5. The molecule has 0 aliphatic carbocycles. The van der Waals surface area contributed by atoms with Gasteiger partial charge in [-0.05, 0) is 48.5 Å². The van der Waals surface area contributed by atoms with Gasteiger partial charge in [-0.15, -0.1) is 0 Å². The lowest BCUT2D eigenvalue weighted by atomic mass is 10.1. The number of hydrogen-bond acceptors (Lipinski definition) is 5. The van der Waals surface area contributed by atoms with E-state index in [1.807, 2.05) is 18.2 Å². The third-order valence-corrected chi connectivity index (χ3v) is 4.22. The summed E-state index contributed by atoms with van der Waals surface area (Å²) in [5.74, 6) is 1.03. The second-order valence-corrected chi connectivity index (χ2v) is 6.25. The van der Waals surface area contributed by atoms with Gasteiger partial charge in [-0.3, -0.25) is 10.1 Å². The monoisotopic (exact) mass is 377 g/mol. The lowest BCUT2D eigenvalue weighted by molar-refractivity contribution is -0.384. The molecule has 7 heteroatoms. The van der Waals surface area contributed by atoms with Crippen molar-refractivity contribution in [2.24, 2.45) is 10.2 Å². The fourth-order valence-electron chi connectivity index (χ4n) is 2.61. The van der Waals surface area contributed by atoms with E-state index in [9.17, 15) is 10.1 Å². The Morgan fingerprint density at radius 3 is 2.30 bits per heavy atom. The number of fused-ring (bicyclic) bond motifs is 2. The molecule has 27 heavy (non-hydrogen) atoms. The summed E-state index contributed by atoms with van der Waals surface area (Å²) in [6.45, 7) is 0. The zero-order valence-electron chi connectivity index (χ0n) is 13.9. The minimum Gasteiger partial charge on any atom is -0.456 e. The van der Waals surface area contributed by atoms with E-state index in [1.54, 1.807) is 42.5 Å². The molecule has 0 bridgehead atoms. The maximum atomic E-state index is 11.0. The first-order chi connectivity index (χ1) is 13.1. The van der Waals surface area contributed by atoms with Crippen LogP contribution in [-0.2, 0) is 0 Å². The van der Waals surface area contributed by atoms with Crippen molar-refractivity contribution in [3.05, 3.63) is 86.9 Å². The smallest absolute Gasteiger partial charge is 0.273 e. The summed E-state index contributed by atoms with van der Waals surface area (Å²) in [7, 11) is 0. The number of nitrogens with zero attached hydrogens (tertiary/aromatic N) is 3. The van der Waals surface area contributed by atoms with Crippen molar-refractivity contribution in [2.75, 3.05) is 0 Å². The number of rotatable bonds is 3. The molecule has 4 rings (SSSR count). The maximum Gasteiger partial charge on any atom is 0.273 e. The molecule has 1 aliphatic heterocycles. The highest BCUT2D eigenvalue weighted by Crippen LogP contribution is 2.37. The van der Waals surface area contributed by atoms with Gasteiger partial charge < -0.3 is 4.74 Å². The maximum absolute atomic E-state index is 11.0. The molecule has 3 aromatic rings. The van der Waals surface area contributed by atoms with Crippen LogP contribution in [0.3, 0.4) is 0 Å². The SMILES string of the molecule is O=[N+]([O-])c1ccc2c(c1)Oc1ccc(N=Nc3ccc(Cl)cc3)cc1C=C2. The molecule has 0 saturated carbocycles. The van der Waals surface area contributed by atoms with Gasteiger partial charge in [0.1, 0.15) is 11.5 Å². The molecule has 6 nitrogen and oxygen atoms in total. The largest absolute Gasteiger partial charge is 0.456 e. The van der Waals surface area contributed by atoms with Crippen molar-refractivity contribution < 1.29 is 9.66 Å². The van der Waals surface area contributed by atoms with Crippen LogP contribution in [0.5, 0.6) is 11.5 Å². The van der Waals surface area contributed by atoms with Crippen LogP contribution in [0.4, 0.5) is 17.1 Å². The number of benzene rings is 3. The summed E-state index contributed by atoms with van der Waals surface area (Å²) < 4.78 is 5.87. The van der Waals surface area contributed by atoms with Crippen LogP contribution >= 0.6 is 11.6 Å². The molecule has 132 valence electrons. The van der Waals surface area contributed by atoms with E-state index >= 15 is 0 Å². The first-order valence-corrected chi connectivity index (χ1v) is 8.42. The molecule has 0 radical (unpaired) electrons. The number of nitro benzene ring substituents is 1. The summed E-state index contributed by atoms with van der Waals surface area (Å²) in [5.41, 5.74) is 2.91. The van der Waals surface area contributed by atoms with Gasteiger partial charge in [-0.1, -0.05) is 23.8 Å². The van der Waals surface area contributed by atoms with Gasteiger partial charge in [-0.25, -0.2) is 0 Å². The van der Waals surface area contributed by atoms with Crippen molar-refractivity contribution in [3.63, 3.8) is 0 Å². The molecular weight excluding hydrogens is 366 g/mol. The predicted octanol–water partition coefficient (Wildman–Crippen LogP) is 6.94. The minimum absolute atomic E-state index is 0.0148. The molecule has 1 heterocycles. The standard InChI is InChI=1S/C20H12ClN3O3/c21-15-4-6-16(7-5-15)22-23-17-8-10-19-14(11-17)2-1-13-3-9-18(24(25)26)12-20(13)27-19/h1-12H. The molecule has 0 N–H and O–H groups in total. The Bertz CT molecular complexity index is 1090. The van der Waals surface area contributed by atoms with Gasteiger partial charge in [0.15, 0.2) is 0 Å². The number of hydrogen-bond donors (Lipinski definition) is 0. The summed E-state index contributed by atoms with van der Waals surface area (Å²) in [5, 5.41) is 20.0. The molecule has 0 amide bonds. The Morgan fingerprint density at radius 2 is 1.52 bits per heavy atom. The Hall–Kier alpha value is -3.51. The van der Waals surface area contributed by atoms with Gasteiger partial charge in [0.2, 0.25) is 0 Å². The van der Waals surface area contributed by atoms with E-state index < -0.39 is 4.92 Å². The minimum atomic E-state index is -0.445. The Balaban J connectivity index is 1.63. The number of ether oxygens (including phenoxy) is 1. The van der Waals surface area contributed by atoms with Crippen molar-refractivity contribution >= 4 is 40.8 Å². The Kier molecular flexibility index (Phi) is 4.40. The fourth-order valence-corrected chi connectivity index (χ4v) is 2.73. The summed E-state index contributed by atoms with van der Waals surface area (Å²) in [6, 6.07) is 17.0. The molecule has 0 aromatic heterocycles. The van der Waals surface area contributed by atoms with Crippen LogP contribution in [0.2, 0.25) is 5.02 Å². The lowest BCUT2D eigenvalue weighted by Crippen LogP contribution is -1.91. The first kappa shape index (κ1) is 16.9. The van der Waals surface area contributed by atoms with Crippen molar-refractivity contribution in [3.8, 4) is 11.5 Å². The quantitative estimate of drug-likeness (QED) is 0.220. The summed E-state index contributed by atoms with van der Waals surface area (Å²) >= 11 is 5.86. The fraction of sp³-hybridized carbons (Fsp3) is 0. The second-order valence-electron chi connectivity index (χ2n) is 5.81. The van der Waals surface area contributed by atoms with Crippen molar-refractivity contribution in [1.82, 2.24) is 0 Å². The van der Waals surface area contributed by atoms with Crippen molar-refractivity contribution in [2.45, 2.75) is 0 Å². The van der Waals surface area contributed by atoms with Gasteiger partial charge >= 0.3 is 0 Å². The second kappa shape index (κ2) is 7.01. The van der Waals surface area contributed by atoms with Gasteiger partial charge in [0, 0.05) is 22.2 Å². The lowest BCUT2D eigenvalue weighted by Gasteiger charge is -2.08. The molecule has 0 fully saturated rings. The average Bonchev–Trinajstić information content (AvgIpc) is 2.85. The van der Waals surface area contributed by atoms with E-state index in [-0.39, 0.29) is 5.69 Å². The number of nitro groups is 1. The molecule has 1 aliphatic rings. The van der Waals surface area contributed by atoms with Crippen LogP contribution in [-0.4, -0.2) is 4.92 Å². The number of non-ortho nitro benzene ring substituents is 1. The zero-order valence-corrected chi connectivity index (χ0v) is 14.6. The third kappa shape index (κ3) is 3.70. The molecular formula is C20H12ClN3O3. The van der Waals surface area contributed by atoms with Crippen LogP contribution in [0.1, 0.15) is 11.1 Å². The van der Waals surface area contributed by atoms with Gasteiger partial charge in [0.05, 0.1) is 22.4 Å². The molecule has 0 spiro atoms. The number of azo groups is 1. The van der Waals surface area contributed by atoms with E-state index in [0.29, 0.717) is 27.9 Å². The molecule has 0 atom stereocenters. The van der Waals surface area contributed by atoms with Crippen molar-refractivity contribution in [1.29, 1.82) is 0 Å². The highest BCUT2D eigenvalue weighted by molar-refractivity contribution is 6.30. The van der Waals surface area contributed by atoms with E-state index in [2.05, 4.69) is 10.2 Å². The molecule has 0 unspecified atom stereocenters. The summed E-state index contributed by atoms with van der Waals surface area (Å²) in [4.78, 5) is 10.5. The average molecular weight is 378 g/mol. The van der Waals surface area contributed by atoms with E-state index in [4.69, 9.17) is 16.3 Å². The van der Waals surface area contributed by atoms with E-state index in [1.165, 1.54) is 12.1 Å². The zero-order chi connectivity index (χ0) is 18.8. The van der Waals surface area contributed by atoms with Crippen LogP contribution in [0, 0.1) is 10.1 Å². The highest BCUT2D eigenvalue weighted by Gasteiger charge is 2.15. The Morgan fingerprint density at radius 1 is 0.815 bits per heavy atom. The Labute approximate surface area is 159 Å². The molecule has 3 aromatic carbocycles. The van der Waals surface area contributed by atoms with Crippen LogP contribution in [0.15, 0.2) is 70.9 Å². The summed E-state index contributed by atoms with van der Waals surface area (Å²) in [6.07, 6.45) is 3.74. The first-order valence-electron chi connectivity index (χ1n) is 8.04. The van der Waals surface area contributed by atoms with Crippen LogP contribution < -0.4 is 4.74 Å². The van der Waals surface area contributed by atoms with Gasteiger partial charge in [-0.2, -0.15) is 10.2 Å². The molecule has 0 saturated heterocycles.